The minimum Gasteiger partial charge on any atom is -0.267 e. The van der Waals surface area contributed by atoms with E-state index in [9.17, 15) is 16.8 Å². The molecule has 4 aromatic carbocycles. The van der Waals surface area contributed by atoms with Crippen LogP contribution in [0.1, 0.15) is 36.8 Å². The van der Waals surface area contributed by atoms with Gasteiger partial charge in [-0.25, -0.2) is 16.8 Å². The fraction of sp³-hybridized carbons (Fsp3) is 0.188. The molecule has 0 amide bonds. The van der Waals surface area contributed by atoms with Gasteiger partial charge in [0, 0.05) is 34.3 Å². The lowest BCUT2D eigenvalue weighted by Gasteiger charge is -2.12. The summed E-state index contributed by atoms with van der Waals surface area (Å²) in [7, 11) is -7.64. The Hall–Kier alpha value is -3.70. The van der Waals surface area contributed by atoms with Crippen LogP contribution in [0.25, 0.3) is 0 Å². The van der Waals surface area contributed by atoms with Gasteiger partial charge in [0.2, 0.25) is 0 Å². The van der Waals surface area contributed by atoms with E-state index in [2.05, 4.69) is 19.4 Å². The third-order valence-electron chi connectivity index (χ3n) is 6.41. The van der Waals surface area contributed by atoms with Gasteiger partial charge >= 0.3 is 0 Å². The van der Waals surface area contributed by atoms with Gasteiger partial charge in [0.05, 0.1) is 9.79 Å². The van der Waals surface area contributed by atoms with E-state index in [0.717, 1.165) is 25.7 Å². The van der Waals surface area contributed by atoms with Crippen molar-refractivity contribution < 1.29 is 16.8 Å². The number of benzene rings is 4. The molecule has 0 radical (unpaired) electrons. The topological polar surface area (TPSA) is 117 Å². The summed E-state index contributed by atoms with van der Waals surface area (Å²) >= 11 is 12.1. The van der Waals surface area contributed by atoms with Gasteiger partial charge in [-0.1, -0.05) is 72.4 Å². The molecule has 0 aromatic heterocycles. The van der Waals surface area contributed by atoms with Crippen LogP contribution in [-0.4, -0.2) is 41.6 Å². The highest BCUT2D eigenvalue weighted by molar-refractivity contribution is 7.90. The van der Waals surface area contributed by atoms with Gasteiger partial charge in [0.15, 0.2) is 0 Å². The molecule has 0 fully saturated rings. The van der Waals surface area contributed by atoms with Crippen LogP contribution in [0.2, 0.25) is 10.0 Å². The van der Waals surface area contributed by atoms with Crippen molar-refractivity contribution in [1.29, 1.82) is 0 Å². The molecule has 0 aliphatic carbocycles. The normalized spacial score (nSPS) is 12.6. The standard InChI is InChI=1S/C32H32Cl2N4O4S2/c33-27-19-15-25(16-20-27)31(37-43(39,40)29-11-5-3-6-12-29)35-23-9-1-2-10-24-36-32(26-17-21-28(34)22-18-26)38-44(41,42)30-13-7-4-8-14-30/h3-8,11-22H,1-2,9-10,23-24H2,(H,35,37)(H,36,38). The number of rotatable bonds is 13. The summed E-state index contributed by atoms with van der Waals surface area (Å²) in [5, 5.41) is 1.07. The molecule has 0 atom stereocenters. The van der Waals surface area contributed by atoms with Crippen LogP contribution in [0, 0.1) is 0 Å². The molecule has 0 saturated carbocycles. The Morgan fingerprint density at radius 3 is 1.18 bits per heavy atom. The largest absolute Gasteiger partial charge is 0.267 e. The highest BCUT2D eigenvalue weighted by Crippen LogP contribution is 2.15. The van der Waals surface area contributed by atoms with Crippen molar-refractivity contribution in [3.05, 3.63) is 130 Å². The van der Waals surface area contributed by atoms with Gasteiger partial charge in [-0.2, -0.15) is 0 Å². The smallest absolute Gasteiger partial charge is 0.263 e. The summed E-state index contributed by atoms with van der Waals surface area (Å²) in [5.74, 6) is 0.488. The van der Waals surface area contributed by atoms with Crippen molar-refractivity contribution in [2.24, 2.45) is 9.98 Å². The lowest BCUT2D eigenvalue weighted by Crippen LogP contribution is -2.31. The molecule has 0 aliphatic heterocycles. The van der Waals surface area contributed by atoms with E-state index in [1.807, 2.05) is 0 Å². The van der Waals surface area contributed by atoms with E-state index >= 15 is 0 Å². The number of hydrogen-bond acceptors (Lipinski definition) is 6. The first-order valence-electron chi connectivity index (χ1n) is 13.9. The fourth-order valence-corrected chi connectivity index (χ4v) is 6.50. The monoisotopic (exact) mass is 670 g/mol. The minimum atomic E-state index is -3.82. The van der Waals surface area contributed by atoms with Gasteiger partial charge in [0.25, 0.3) is 20.0 Å². The Morgan fingerprint density at radius 2 is 0.841 bits per heavy atom. The average molecular weight is 672 g/mol. The number of aliphatic imine (C=N–C) groups is 2. The summed E-state index contributed by atoms with van der Waals surface area (Å²) in [6.07, 6.45) is 3.09. The fourth-order valence-electron chi connectivity index (χ4n) is 4.11. The predicted octanol–water partition coefficient (Wildman–Crippen LogP) is 6.70. The Bertz CT molecular complexity index is 1650. The molecule has 0 saturated heterocycles. The molecule has 44 heavy (non-hydrogen) atoms. The molecule has 0 unspecified atom stereocenters. The minimum absolute atomic E-state index is 0.145. The van der Waals surface area contributed by atoms with Gasteiger partial charge < -0.3 is 0 Å². The molecule has 0 aliphatic rings. The predicted molar refractivity (Wildman–Crippen MR) is 178 cm³/mol. The molecule has 8 nitrogen and oxygen atoms in total. The average Bonchev–Trinajstić information content (AvgIpc) is 3.02. The number of amidine groups is 2. The van der Waals surface area contributed by atoms with Crippen molar-refractivity contribution in [2.75, 3.05) is 13.1 Å². The molecule has 0 spiro atoms. The first kappa shape index (κ1) is 33.2. The zero-order valence-electron chi connectivity index (χ0n) is 23.7. The second-order valence-corrected chi connectivity index (χ2v) is 14.0. The second-order valence-electron chi connectivity index (χ2n) is 9.73. The highest BCUT2D eigenvalue weighted by Gasteiger charge is 2.18. The summed E-state index contributed by atoms with van der Waals surface area (Å²) in [6, 6.07) is 29.8. The molecule has 230 valence electrons. The molecule has 0 bridgehead atoms. The number of unbranched alkanes of at least 4 members (excludes halogenated alkanes) is 3. The molecule has 4 aromatic rings. The molecule has 0 heterocycles. The third kappa shape index (κ3) is 9.92. The highest BCUT2D eigenvalue weighted by atomic mass is 35.5. The maximum atomic E-state index is 13.0. The van der Waals surface area contributed by atoms with E-state index in [4.69, 9.17) is 23.2 Å². The van der Waals surface area contributed by atoms with Crippen molar-refractivity contribution in [2.45, 2.75) is 35.5 Å². The molecule has 4 rings (SSSR count). The molecular weight excluding hydrogens is 639 g/mol. The van der Waals surface area contributed by atoms with Crippen LogP contribution in [0.3, 0.4) is 0 Å². The lowest BCUT2D eigenvalue weighted by molar-refractivity contribution is 0.590. The van der Waals surface area contributed by atoms with Crippen molar-refractivity contribution >= 4 is 54.9 Å². The lowest BCUT2D eigenvalue weighted by atomic mass is 10.2. The second kappa shape index (κ2) is 15.9. The summed E-state index contributed by atoms with van der Waals surface area (Å²) in [6.45, 7) is 0.816. The third-order valence-corrected chi connectivity index (χ3v) is 9.62. The Labute approximate surface area is 269 Å². The van der Waals surface area contributed by atoms with Crippen molar-refractivity contribution in [1.82, 2.24) is 9.44 Å². The Balaban J connectivity index is 1.36. The van der Waals surface area contributed by atoms with E-state index in [1.165, 1.54) is 24.3 Å². The van der Waals surface area contributed by atoms with E-state index in [0.29, 0.717) is 34.3 Å². The van der Waals surface area contributed by atoms with Crippen LogP contribution >= 0.6 is 23.2 Å². The first-order valence-corrected chi connectivity index (χ1v) is 17.6. The van der Waals surface area contributed by atoms with Crippen molar-refractivity contribution in [3.8, 4) is 0 Å². The van der Waals surface area contributed by atoms with Crippen LogP contribution in [0.4, 0.5) is 0 Å². The first-order chi connectivity index (χ1) is 21.1. The van der Waals surface area contributed by atoms with Gasteiger partial charge in [-0.05, 0) is 85.6 Å². The molecule has 12 heteroatoms. The summed E-state index contributed by atoms with van der Waals surface area (Å²) in [5.41, 5.74) is 1.21. The molecule has 2 N–H and O–H groups in total. The van der Waals surface area contributed by atoms with Gasteiger partial charge in [0.1, 0.15) is 11.7 Å². The summed E-state index contributed by atoms with van der Waals surface area (Å²) in [4.78, 5) is 9.42. The SMILES string of the molecule is O=S(=O)(NC(=NCCCCCCN=C(NS(=O)(=O)c1ccccc1)c1ccc(Cl)cc1)c1ccc(Cl)cc1)c1ccccc1. The van der Waals surface area contributed by atoms with Crippen LogP contribution in [0.5, 0.6) is 0 Å². The maximum Gasteiger partial charge on any atom is 0.263 e. The van der Waals surface area contributed by atoms with Crippen LogP contribution < -0.4 is 9.44 Å². The maximum absolute atomic E-state index is 13.0. The number of nitrogens with one attached hydrogen (secondary N) is 2. The summed E-state index contributed by atoms with van der Waals surface area (Å²) < 4.78 is 57.0. The number of sulfonamides is 2. The number of hydrogen-bond donors (Lipinski definition) is 2. The van der Waals surface area contributed by atoms with E-state index in [1.54, 1.807) is 84.9 Å². The van der Waals surface area contributed by atoms with Crippen molar-refractivity contribution in [3.63, 3.8) is 0 Å². The zero-order valence-corrected chi connectivity index (χ0v) is 26.9. The Kier molecular flexibility index (Phi) is 12.0. The van der Waals surface area contributed by atoms with Crippen LogP contribution in [0.15, 0.2) is 129 Å². The van der Waals surface area contributed by atoms with Gasteiger partial charge in [-0.3, -0.25) is 19.4 Å². The quantitative estimate of drug-likeness (QED) is 0.0935. The zero-order chi connectivity index (χ0) is 31.4. The van der Waals surface area contributed by atoms with E-state index in [-0.39, 0.29) is 21.5 Å². The van der Waals surface area contributed by atoms with Gasteiger partial charge in [-0.15, -0.1) is 0 Å². The number of nitrogens with zero attached hydrogens (tertiary/aromatic N) is 2. The Morgan fingerprint density at radius 1 is 0.500 bits per heavy atom. The molecular formula is C32H32Cl2N4O4S2. The van der Waals surface area contributed by atoms with Crippen LogP contribution in [-0.2, 0) is 20.0 Å². The number of halogens is 2. The van der Waals surface area contributed by atoms with E-state index < -0.39 is 20.0 Å².